The smallest absolute Gasteiger partial charge is 0.259 e. The van der Waals surface area contributed by atoms with Crippen molar-refractivity contribution in [2.75, 3.05) is 5.32 Å². The fourth-order valence-electron chi connectivity index (χ4n) is 3.91. The molecule has 1 saturated carbocycles. The predicted molar refractivity (Wildman–Crippen MR) is 121 cm³/mol. The van der Waals surface area contributed by atoms with Crippen molar-refractivity contribution in [3.05, 3.63) is 77.7 Å². The zero-order valence-electron chi connectivity index (χ0n) is 17.8. The van der Waals surface area contributed by atoms with Crippen molar-refractivity contribution in [3.63, 3.8) is 0 Å². The number of hydrogen-bond donors (Lipinski definition) is 1. The molecule has 2 aromatic carbocycles. The van der Waals surface area contributed by atoms with Crippen molar-refractivity contribution in [1.29, 1.82) is 0 Å². The maximum atomic E-state index is 13.5. The summed E-state index contributed by atoms with van der Waals surface area (Å²) >= 11 is 0. The highest BCUT2D eigenvalue weighted by Crippen LogP contribution is 2.41. The molecule has 33 heavy (non-hydrogen) atoms. The van der Waals surface area contributed by atoms with Gasteiger partial charge in [-0.25, -0.2) is 4.98 Å². The average molecular weight is 437 g/mol. The number of amides is 1. The van der Waals surface area contributed by atoms with E-state index in [1.165, 1.54) is 0 Å². The van der Waals surface area contributed by atoms with Crippen molar-refractivity contribution < 1.29 is 9.32 Å². The minimum absolute atomic E-state index is 0.254. The number of anilines is 1. The van der Waals surface area contributed by atoms with Crippen LogP contribution in [0.1, 0.15) is 40.6 Å². The van der Waals surface area contributed by atoms with Crippen LogP contribution in [-0.2, 0) is 0 Å². The molecule has 3 aromatic heterocycles. The largest absolute Gasteiger partial charge is 0.335 e. The minimum atomic E-state index is -0.254. The third kappa shape index (κ3) is 3.53. The molecule has 0 radical (unpaired) electrons. The van der Waals surface area contributed by atoms with Gasteiger partial charge < -0.3 is 9.84 Å². The van der Waals surface area contributed by atoms with Crippen LogP contribution in [-0.4, -0.2) is 36.3 Å². The molecule has 1 N–H and O–H groups in total. The van der Waals surface area contributed by atoms with E-state index >= 15 is 0 Å². The lowest BCUT2D eigenvalue weighted by atomic mass is 10.0. The summed E-state index contributed by atoms with van der Waals surface area (Å²) in [5, 5.41) is 19.5. The Morgan fingerprint density at radius 1 is 1.09 bits per heavy atom. The SMILES string of the molecule is Cc1nnnn1-c1cccc(NC(=O)c2cc(C3CC3)nc3onc(-c4ccccc4)c23)c1. The van der Waals surface area contributed by atoms with Crippen LogP contribution in [0.25, 0.3) is 28.0 Å². The second-order valence-corrected chi connectivity index (χ2v) is 8.09. The van der Waals surface area contributed by atoms with Gasteiger partial charge in [-0.2, -0.15) is 4.68 Å². The maximum absolute atomic E-state index is 13.5. The van der Waals surface area contributed by atoms with Gasteiger partial charge in [0.05, 0.1) is 16.6 Å². The molecule has 9 heteroatoms. The third-order valence-electron chi connectivity index (χ3n) is 5.73. The van der Waals surface area contributed by atoms with Crippen LogP contribution in [0.5, 0.6) is 0 Å². The highest BCUT2D eigenvalue weighted by molar-refractivity contribution is 6.14. The summed E-state index contributed by atoms with van der Waals surface area (Å²) in [6.45, 7) is 1.81. The summed E-state index contributed by atoms with van der Waals surface area (Å²) in [5.41, 5.74) is 4.58. The fourth-order valence-corrected chi connectivity index (χ4v) is 3.91. The van der Waals surface area contributed by atoms with Gasteiger partial charge in [0, 0.05) is 22.9 Å². The summed E-state index contributed by atoms with van der Waals surface area (Å²) < 4.78 is 7.19. The summed E-state index contributed by atoms with van der Waals surface area (Å²) in [4.78, 5) is 18.2. The number of nitrogens with one attached hydrogen (secondary N) is 1. The average Bonchev–Trinajstić information content (AvgIpc) is 3.47. The van der Waals surface area contributed by atoms with Crippen LogP contribution < -0.4 is 5.32 Å². The zero-order chi connectivity index (χ0) is 22.4. The van der Waals surface area contributed by atoms with Crippen molar-refractivity contribution in [3.8, 4) is 16.9 Å². The van der Waals surface area contributed by atoms with E-state index in [1.807, 2.05) is 67.6 Å². The lowest BCUT2D eigenvalue weighted by Gasteiger charge is -2.10. The number of fused-ring (bicyclic) bond motifs is 1. The normalized spacial score (nSPS) is 13.4. The second-order valence-electron chi connectivity index (χ2n) is 8.09. The molecule has 1 aliphatic rings. The minimum Gasteiger partial charge on any atom is -0.335 e. The second kappa shape index (κ2) is 7.63. The number of aromatic nitrogens is 6. The molecule has 9 nitrogen and oxygen atoms in total. The number of carbonyl (C=O) groups is 1. The standard InChI is InChI=1S/C24H19N7O2/c1-14-27-29-30-31(14)18-9-5-8-17(12-18)25-23(32)19-13-20(15-10-11-15)26-24-21(19)22(28-33-24)16-6-3-2-4-7-16/h2-9,12-13,15H,10-11H2,1H3,(H,25,32). The first-order valence-corrected chi connectivity index (χ1v) is 10.7. The van der Waals surface area contributed by atoms with Crippen LogP contribution in [0.2, 0.25) is 0 Å². The van der Waals surface area contributed by atoms with E-state index in [1.54, 1.807) is 4.68 Å². The van der Waals surface area contributed by atoms with Crippen molar-refractivity contribution >= 4 is 22.7 Å². The van der Waals surface area contributed by atoms with Crippen molar-refractivity contribution in [2.24, 2.45) is 0 Å². The number of benzene rings is 2. The van der Waals surface area contributed by atoms with Gasteiger partial charge in [-0.15, -0.1) is 5.10 Å². The number of nitrogens with zero attached hydrogens (tertiary/aromatic N) is 6. The van der Waals surface area contributed by atoms with Gasteiger partial charge >= 0.3 is 0 Å². The molecule has 1 fully saturated rings. The van der Waals surface area contributed by atoms with Crippen LogP contribution in [0.15, 0.2) is 65.2 Å². The van der Waals surface area contributed by atoms with Gasteiger partial charge in [0.15, 0.2) is 5.82 Å². The molecule has 1 aliphatic carbocycles. The van der Waals surface area contributed by atoms with Crippen molar-refractivity contribution in [1.82, 2.24) is 30.3 Å². The highest BCUT2D eigenvalue weighted by atomic mass is 16.5. The Labute approximate surface area is 188 Å². The molecule has 0 aliphatic heterocycles. The van der Waals surface area contributed by atoms with Gasteiger partial charge in [-0.3, -0.25) is 4.79 Å². The van der Waals surface area contributed by atoms with Gasteiger partial charge in [-0.05, 0) is 54.5 Å². The summed E-state index contributed by atoms with van der Waals surface area (Å²) in [5.74, 6) is 0.757. The molecule has 6 rings (SSSR count). The van der Waals surface area contributed by atoms with Gasteiger partial charge in [-0.1, -0.05) is 41.6 Å². The number of pyridine rings is 1. The van der Waals surface area contributed by atoms with E-state index in [-0.39, 0.29) is 5.91 Å². The summed E-state index contributed by atoms with van der Waals surface area (Å²) in [6, 6.07) is 18.9. The predicted octanol–water partition coefficient (Wildman–Crippen LogP) is 4.30. The number of hydrogen-bond acceptors (Lipinski definition) is 7. The van der Waals surface area contributed by atoms with Crippen LogP contribution in [0.4, 0.5) is 5.69 Å². The molecule has 0 saturated heterocycles. The van der Waals surface area contributed by atoms with Crippen LogP contribution in [0.3, 0.4) is 0 Å². The number of tetrazole rings is 1. The Morgan fingerprint density at radius 2 is 1.94 bits per heavy atom. The first-order chi connectivity index (χ1) is 16.2. The zero-order valence-corrected chi connectivity index (χ0v) is 17.8. The monoisotopic (exact) mass is 437 g/mol. The Kier molecular flexibility index (Phi) is 4.46. The van der Waals surface area contributed by atoms with Crippen molar-refractivity contribution in [2.45, 2.75) is 25.7 Å². The van der Waals surface area contributed by atoms with E-state index in [9.17, 15) is 4.79 Å². The first kappa shape index (κ1) is 19.3. The summed E-state index contributed by atoms with van der Waals surface area (Å²) in [6.07, 6.45) is 2.12. The lowest BCUT2D eigenvalue weighted by molar-refractivity contribution is 0.102. The molecule has 0 bridgehead atoms. The molecular weight excluding hydrogens is 418 g/mol. The Balaban J connectivity index is 1.42. The van der Waals surface area contributed by atoms with E-state index in [4.69, 9.17) is 4.52 Å². The molecular formula is C24H19N7O2. The number of carbonyl (C=O) groups excluding carboxylic acids is 1. The molecule has 0 unspecified atom stereocenters. The maximum Gasteiger partial charge on any atom is 0.259 e. The van der Waals surface area contributed by atoms with E-state index < -0.39 is 0 Å². The van der Waals surface area contributed by atoms with E-state index in [2.05, 4.69) is 31.0 Å². The third-order valence-corrected chi connectivity index (χ3v) is 5.73. The molecule has 162 valence electrons. The Hall–Kier alpha value is -4.40. The summed E-state index contributed by atoms with van der Waals surface area (Å²) in [7, 11) is 0. The topological polar surface area (TPSA) is 112 Å². The molecule has 1 amide bonds. The lowest BCUT2D eigenvalue weighted by Crippen LogP contribution is -2.14. The van der Waals surface area contributed by atoms with E-state index in [0.717, 1.165) is 29.8 Å². The first-order valence-electron chi connectivity index (χ1n) is 10.7. The van der Waals surface area contributed by atoms with Crippen LogP contribution in [0, 0.1) is 6.92 Å². The van der Waals surface area contributed by atoms with Crippen LogP contribution >= 0.6 is 0 Å². The number of rotatable bonds is 5. The number of aryl methyl sites for hydroxylation is 1. The molecule has 5 aromatic rings. The Morgan fingerprint density at radius 3 is 2.70 bits per heavy atom. The van der Waals surface area contributed by atoms with E-state index in [0.29, 0.717) is 39.8 Å². The molecule has 0 atom stereocenters. The fraction of sp³-hybridized carbons (Fsp3) is 0.167. The molecule has 3 heterocycles. The van der Waals surface area contributed by atoms with Gasteiger partial charge in [0.25, 0.3) is 11.6 Å². The molecule has 0 spiro atoms. The Bertz CT molecular complexity index is 1490. The quantitative estimate of drug-likeness (QED) is 0.436. The van der Waals surface area contributed by atoms with Gasteiger partial charge in [0.1, 0.15) is 5.69 Å². The van der Waals surface area contributed by atoms with Gasteiger partial charge in [0.2, 0.25) is 0 Å². The highest BCUT2D eigenvalue weighted by Gasteiger charge is 2.29.